The molecule has 18 heavy (non-hydrogen) atoms. The summed E-state index contributed by atoms with van der Waals surface area (Å²) in [6.07, 6.45) is 2.21. The number of fused-ring (bicyclic) bond motifs is 1. The predicted octanol–water partition coefficient (Wildman–Crippen LogP) is 2.64. The number of carbonyl (C=O) groups excluding carboxylic acids is 1. The minimum atomic E-state index is 0.473. The largest absolute Gasteiger partial charge is 0.497 e. The van der Waals surface area contributed by atoms with E-state index in [1.54, 1.807) is 7.11 Å². The molecule has 0 fully saturated rings. The van der Waals surface area contributed by atoms with E-state index in [-0.39, 0.29) is 0 Å². The van der Waals surface area contributed by atoms with Gasteiger partial charge in [0.05, 0.1) is 18.9 Å². The highest BCUT2D eigenvalue weighted by Gasteiger charge is 2.12. The van der Waals surface area contributed by atoms with E-state index < -0.39 is 0 Å². The lowest BCUT2D eigenvalue weighted by Crippen LogP contribution is -1.80. The Bertz CT molecular complexity index is 712. The summed E-state index contributed by atoms with van der Waals surface area (Å²) in [4.78, 5) is 10.9. The van der Waals surface area contributed by atoms with Crippen molar-refractivity contribution in [2.24, 2.45) is 0 Å². The van der Waals surface area contributed by atoms with Crippen LogP contribution in [0.4, 0.5) is 0 Å². The Labute approximate surface area is 102 Å². The summed E-state index contributed by atoms with van der Waals surface area (Å²) in [6.45, 7) is 0. The summed E-state index contributed by atoms with van der Waals surface area (Å²) in [5.74, 6) is 1.34. The van der Waals surface area contributed by atoms with Crippen molar-refractivity contribution in [3.8, 4) is 17.2 Å². The van der Waals surface area contributed by atoms with Gasteiger partial charge in [-0.1, -0.05) is 0 Å². The molecule has 0 spiro atoms. The minimum Gasteiger partial charge on any atom is -0.497 e. The highest BCUT2D eigenvalue weighted by Crippen LogP contribution is 2.30. The van der Waals surface area contributed by atoms with Gasteiger partial charge in [0.1, 0.15) is 17.0 Å². The van der Waals surface area contributed by atoms with Gasteiger partial charge >= 0.3 is 0 Å². The Morgan fingerprint density at radius 2 is 2.28 bits per heavy atom. The summed E-state index contributed by atoms with van der Waals surface area (Å²) in [5.41, 5.74) is 1.79. The first-order chi connectivity index (χ1) is 8.81. The van der Waals surface area contributed by atoms with Crippen molar-refractivity contribution in [1.82, 2.24) is 10.2 Å². The number of ether oxygens (including phenoxy) is 1. The molecule has 3 aromatic rings. The van der Waals surface area contributed by atoms with E-state index in [1.807, 2.05) is 24.3 Å². The fourth-order valence-electron chi connectivity index (χ4n) is 1.85. The molecule has 5 nitrogen and oxygen atoms in total. The van der Waals surface area contributed by atoms with Crippen LogP contribution in [0.5, 0.6) is 5.75 Å². The van der Waals surface area contributed by atoms with E-state index >= 15 is 0 Å². The average Bonchev–Trinajstić information content (AvgIpc) is 3.03. The lowest BCUT2D eigenvalue weighted by Gasteiger charge is -1.96. The standard InChI is InChI=1S/C13H10N2O3/c1-17-10-2-3-11-8(4-10)5-12(18-11)13-9(7-16)6-14-15-13/h2-7H,1H3,(H,14,15). The van der Waals surface area contributed by atoms with Gasteiger partial charge in [0.25, 0.3) is 0 Å². The number of aldehydes is 1. The molecule has 0 aliphatic carbocycles. The van der Waals surface area contributed by atoms with Crippen molar-refractivity contribution < 1.29 is 13.9 Å². The molecule has 0 amide bonds. The van der Waals surface area contributed by atoms with Crippen LogP contribution >= 0.6 is 0 Å². The summed E-state index contributed by atoms with van der Waals surface area (Å²) in [7, 11) is 1.61. The van der Waals surface area contributed by atoms with Crippen LogP contribution < -0.4 is 4.74 Å². The van der Waals surface area contributed by atoms with Gasteiger partial charge in [-0.2, -0.15) is 5.10 Å². The highest BCUT2D eigenvalue weighted by atomic mass is 16.5. The third-order valence-electron chi connectivity index (χ3n) is 2.77. The van der Waals surface area contributed by atoms with E-state index in [0.29, 0.717) is 17.0 Å². The van der Waals surface area contributed by atoms with Gasteiger partial charge in [-0.05, 0) is 24.3 Å². The van der Waals surface area contributed by atoms with Crippen LogP contribution in [-0.4, -0.2) is 23.6 Å². The number of furan rings is 1. The normalized spacial score (nSPS) is 10.7. The van der Waals surface area contributed by atoms with Crippen molar-refractivity contribution in [2.75, 3.05) is 7.11 Å². The van der Waals surface area contributed by atoms with Gasteiger partial charge in [-0.25, -0.2) is 0 Å². The Hall–Kier alpha value is -2.56. The first-order valence-corrected chi connectivity index (χ1v) is 5.38. The number of aromatic nitrogens is 2. The second-order valence-corrected chi connectivity index (χ2v) is 3.83. The number of rotatable bonds is 3. The molecule has 0 aliphatic rings. The molecule has 90 valence electrons. The average molecular weight is 242 g/mol. The Morgan fingerprint density at radius 1 is 1.39 bits per heavy atom. The maximum absolute atomic E-state index is 10.9. The Kier molecular flexibility index (Phi) is 2.37. The zero-order valence-electron chi connectivity index (χ0n) is 9.64. The lowest BCUT2D eigenvalue weighted by atomic mass is 10.2. The molecule has 0 saturated heterocycles. The van der Waals surface area contributed by atoms with Crippen LogP contribution in [0.15, 0.2) is 34.9 Å². The number of benzene rings is 1. The molecule has 0 atom stereocenters. The number of H-pyrrole nitrogens is 1. The molecule has 0 bridgehead atoms. The molecule has 0 unspecified atom stereocenters. The van der Waals surface area contributed by atoms with Crippen LogP contribution in [0, 0.1) is 0 Å². The zero-order valence-corrected chi connectivity index (χ0v) is 9.64. The molecular weight excluding hydrogens is 232 g/mol. The summed E-state index contributed by atoms with van der Waals surface area (Å²) in [5, 5.41) is 7.50. The quantitative estimate of drug-likeness (QED) is 0.717. The van der Waals surface area contributed by atoms with E-state index in [9.17, 15) is 4.79 Å². The van der Waals surface area contributed by atoms with Crippen molar-refractivity contribution in [2.45, 2.75) is 0 Å². The number of aromatic amines is 1. The lowest BCUT2D eigenvalue weighted by molar-refractivity contribution is 0.112. The topological polar surface area (TPSA) is 68.1 Å². The number of hydrogen-bond donors (Lipinski definition) is 1. The van der Waals surface area contributed by atoms with Gasteiger partial charge in [0.2, 0.25) is 0 Å². The summed E-state index contributed by atoms with van der Waals surface area (Å²) >= 11 is 0. The molecular formula is C13H10N2O3. The smallest absolute Gasteiger partial charge is 0.153 e. The van der Waals surface area contributed by atoms with Crippen LogP contribution in [0.3, 0.4) is 0 Å². The first-order valence-electron chi connectivity index (χ1n) is 5.38. The Balaban J connectivity index is 2.16. The SMILES string of the molecule is COc1ccc2oc(-c3[nH]ncc3C=O)cc2c1. The van der Waals surface area contributed by atoms with Gasteiger partial charge in [0, 0.05) is 5.39 Å². The van der Waals surface area contributed by atoms with Crippen molar-refractivity contribution >= 4 is 17.3 Å². The maximum Gasteiger partial charge on any atom is 0.153 e. The minimum absolute atomic E-state index is 0.473. The van der Waals surface area contributed by atoms with Crippen molar-refractivity contribution in [1.29, 1.82) is 0 Å². The number of methoxy groups -OCH3 is 1. The molecule has 0 saturated carbocycles. The van der Waals surface area contributed by atoms with Crippen LogP contribution in [0.25, 0.3) is 22.4 Å². The fraction of sp³-hybridized carbons (Fsp3) is 0.0769. The molecule has 2 aromatic heterocycles. The number of hydrogen-bond acceptors (Lipinski definition) is 4. The molecule has 3 rings (SSSR count). The van der Waals surface area contributed by atoms with E-state index in [0.717, 1.165) is 23.0 Å². The van der Waals surface area contributed by atoms with Crippen molar-refractivity contribution in [3.63, 3.8) is 0 Å². The van der Waals surface area contributed by atoms with Crippen LogP contribution in [-0.2, 0) is 0 Å². The predicted molar refractivity (Wildman–Crippen MR) is 65.7 cm³/mol. The van der Waals surface area contributed by atoms with E-state index in [1.165, 1.54) is 6.20 Å². The third kappa shape index (κ3) is 1.57. The number of nitrogens with zero attached hydrogens (tertiary/aromatic N) is 1. The first kappa shape index (κ1) is 10.6. The fourth-order valence-corrected chi connectivity index (χ4v) is 1.85. The molecule has 0 aliphatic heterocycles. The van der Waals surface area contributed by atoms with Gasteiger partial charge < -0.3 is 9.15 Å². The molecule has 0 radical (unpaired) electrons. The van der Waals surface area contributed by atoms with Gasteiger partial charge in [-0.3, -0.25) is 9.89 Å². The van der Waals surface area contributed by atoms with Crippen molar-refractivity contribution in [3.05, 3.63) is 36.0 Å². The summed E-state index contributed by atoms with van der Waals surface area (Å²) < 4.78 is 10.8. The second-order valence-electron chi connectivity index (χ2n) is 3.83. The molecule has 2 heterocycles. The molecule has 5 heteroatoms. The number of nitrogens with one attached hydrogen (secondary N) is 1. The number of carbonyl (C=O) groups is 1. The van der Waals surface area contributed by atoms with Gasteiger partial charge in [-0.15, -0.1) is 0 Å². The van der Waals surface area contributed by atoms with E-state index in [4.69, 9.17) is 9.15 Å². The zero-order chi connectivity index (χ0) is 12.5. The van der Waals surface area contributed by atoms with Crippen LogP contribution in [0.2, 0.25) is 0 Å². The van der Waals surface area contributed by atoms with Gasteiger partial charge in [0.15, 0.2) is 12.0 Å². The maximum atomic E-state index is 10.9. The summed E-state index contributed by atoms with van der Waals surface area (Å²) in [6, 6.07) is 7.37. The highest BCUT2D eigenvalue weighted by molar-refractivity contribution is 5.88. The Morgan fingerprint density at radius 3 is 3.06 bits per heavy atom. The molecule has 1 aromatic carbocycles. The van der Waals surface area contributed by atoms with Crippen LogP contribution in [0.1, 0.15) is 10.4 Å². The third-order valence-corrected chi connectivity index (χ3v) is 2.77. The monoisotopic (exact) mass is 242 g/mol. The molecule has 1 N–H and O–H groups in total. The second kappa shape index (κ2) is 4.03. The van der Waals surface area contributed by atoms with E-state index in [2.05, 4.69) is 10.2 Å².